The second-order valence-electron chi connectivity index (χ2n) is 7.58. The van der Waals surface area contributed by atoms with E-state index in [0.29, 0.717) is 5.69 Å². The average molecular weight is 388 g/mol. The number of benzene rings is 2. The Labute approximate surface area is 168 Å². The Bertz CT molecular complexity index is 1000. The van der Waals surface area contributed by atoms with Gasteiger partial charge in [0.15, 0.2) is 0 Å². The summed E-state index contributed by atoms with van der Waals surface area (Å²) in [7, 11) is 1.34. The van der Waals surface area contributed by atoms with Crippen LogP contribution in [0.2, 0.25) is 0 Å². The van der Waals surface area contributed by atoms with Crippen LogP contribution in [0.4, 0.5) is 10.5 Å². The zero-order valence-electron chi connectivity index (χ0n) is 15.8. The second-order valence-corrected chi connectivity index (χ2v) is 7.58. The minimum Gasteiger partial charge on any atom is -0.453 e. The molecule has 5 atom stereocenters. The topological polar surface area (TPSA) is 66.9 Å². The van der Waals surface area contributed by atoms with Gasteiger partial charge >= 0.3 is 6.09 Å². The van der Waals surface area contributed by atoms with Crippen molar-refractivity contribution in [3.63, 3.8) is 0 Å². The van der Waals surface area contributed by atoms with Gasteiger partial charge in [0.1, 0.15) is 0 Å². The van der Waals surface area contributed by atoms with E-state index < -0.39 is 24.0 Å². The molecule has 3 amide bonds. The number of amides is 3. The number of carbonyl (C=O) groups excluding carboxylic acids is 3. The maximum Gasteiger partial charge on any atom is 0.410 e. The molecule has 6 nitrogen and oxygen atoms in total. The van der Waals surface area contributed by atoms with Crippen LogP contribution in [-0.2, 0) is 14.3 Å². The number of rotatable bonds is 2. The summed E-state index contributed by atoms with van der Waals surface area (Å²) in [5, 5.41) is 0. The van der Waals surface area contributed by atoms with E-state index in [1.807, 2.05) is 48.6 Å². The molecular weight excluding hydrogens is 368 g/mol. The van der Waals surface area contributed by atoms with Crippen molar-refractivity contribution in [1.29, 1.82) is 0 Å². The summed E-state index contributed by atoms with van der Waals surface area (Å²) in [5.74, 6) is -1.85. The quantitative estimate of drug-likeness (QED) is 0.585. The smallest absolute Gasteiger partial charge is 0.410 e. The fourth-order valence-corrected chi connectivity index (χ4v) is 5.10. The van der Waals surface area contributed by atoms with Crippen LogP contribution in [0.15, 0.2) is 72.8 Å². The molecule has 0 saturated carbocycles. The molecule has 2 aromatic carbocycles. The average Bonchev–Trinajstić information content (AvgIpc) is 3.06. The third-order valence-electron chi connectivity index (χ3n) is 6.24. The van der Waals surface area contributed by atoms with E-state index in [9.17, 15) is 14.4 Å². The van der Waals surface area contributed by atoms with Crippen molar-refractivity contribution in [2.75, 3.05) is 12.0 Å². The standard InChI is InChI=1S/C23H20N2O4/c1-29-23(28)25-17-13-12-16(20(25)14-8-4-2-5-9-14)18-19(17)22(27)24(21(18)26)15-10-6-3-7-11-15/h2-13,16-20H,1H3. The number of ether oxygens (including phenoxy) is 1. The number of methoxy groups -OCH3 is 1. The largest absolute Gasteiger partial charge is 0.453 e. The van der Waals surface area contributed by atoms with Gasteiger partial charge in [-0.1, -0.05) is 60.7 Å². The van der Waals surface area contributed by atoms with Gasteiger partial charge in [0.05, 0.1) is 36.7 Å². The van der Waals surface area contributed by atoms with Gasteiger partial charge < -0.3 is 4.74 Å². The van der Waals surface area contributed by atoms with E-state index in [-0.39, 0.29) is 23.8 Å². The predicted molar refractivity (Wildman–Crippen MR) is 106 cm³/mol. The SMILES string of the molecule is COC(=O)N1C2C=CC(C3C(=O)N(c4ccccc4)C(=O)C32)C1c1ccccc1. The first-order chi connectivity index (χ1) is 14.1. The second kappa shape index (κ2) is 6.58. The summed E-state index contributed by atoms with van der Waals surface area (Å²) >= 11 is 0. The van der Waals surface area contributed by atoms with E-state index in [1.165, 1.54) is 12.0 Å². The first-order valence-corrected chi connectivity index (χ1v) is 9.66. The van der Waals surface area contributed by atoms with Crippen molar-refractivity contribution in [3.05, 3.63) is 78.4 Å². The predicted octanol–water partition coefficient (Wildman–Crippen LogP) is 3.17. The summed E-state index contributed by atoms with van der Waals surface area (Å²) < 4.78 is 5.06. The van der Waals surface area contributed by atoms with Gasteiger partial charge in [-0.3, -0.25) is 14.5 Å². The van der Waals surface area contributed by atoms with Crippen molar-refractivity contribution in [1.82, 2.24) is 4.90 Å². The van der Waals surface area contributed by atoms with Crippen LogP contribution >= 0.6 is 0 Å². The van der Waals surface area contributed by atoms with Gasteiger partial charge in [0.25, 0.3) is 0 Å². The molecule has 6 heteroatoms. The molecule has 0 N–H and O–H groups in total. The zero-order chi connectivity index (χ0) is 20.1. The monoisotopic (exact) mass is 388 g/mol. The highest BCUT2D eigenvalue weighted by atomic mass is 16.5. The van der Waals surface area contributed by atoms with Gasteiger partial charge in [-0.2, -0.15) is 0 Å². The molecule has 2 bridgehead atoms. The van der Waals surface area contributed by atoms with E-state index in [2.05, 4.69) is 0 Å². The molecular formula is C23H20N2O4. The molecule has 2 saturated heterocycles. The molecule has 146 valence electrons. The molecule has 4 aliphatic rings. The van der Waals surface area contributed by atoms with Crippen molar-refractivity contribution >= 4 is 23.6 Å². The maximum atomic E-state index is 13.4. The van der Waals surface area contributed by atoms with E-state index >= 15 is 0 Å². The summed E-state index contributed by atoms with van der Waals surface area (Å²) in [6.45, 7) is 0. The maximum absolute atomic E-state index is 13.4. The Morgan fingerprint density at radius 1 is 0.862 bits per heavy atom. The van der Waals surface area contributed by atoms with Gasteiger partial charge in [-0.25, -0.2) is 9.69 Å². The fraction of sp³-hybridized carbons (Fsp3) is 0.261. The third kappa shape index (κ3) is 2.45. The first-order valence-electron chi connectivity index (χ1n) is 9.66. The number of imide groups is 1. The molecule has 3 aliphatic heterocycles. The Balaban J connectivity index is 1.62. The number of fused-ring (bicyclic) bond motifs is 1. The molecule has 0 aromatic heterocycles. The molecule has 5 unspecified atom stereocenters. The Morgan fingerprint density at radius 2 is 1.48 bits per heavy atom. The van der Waals surface area contributed by atoms with Crippen LogP contribution in [0.25, 0.3) is 0 Å². The molecule has 6 rings (SSSR count). The summed E-state index contributed by atoms with van der Waals surface area (Å²) in [6.07, 6.45) is 3.37. The fourth-order valence-electron chi connectivity index (χ4n) is 5.10. The minimum absolute atomic E-state index is 0.198. The number of nitrogens with zero attached hydrogens (tertiary/aromatic N) is 2. The Kier molecular flexibility index (Phi) is 4.01. The highest BCUT2D eigenvalue weighted by Crippen LogP contribution is 2.54. The van der Waals surface area contributed by atoms with Gasteiger partial charge in [-0.15, -0.1) is 0 Å². The number of hydrogen-bond donors (Lipinski definition) is 0. The lowest BCUT2D eigenvalue weighted by Crippen LogP contribution is -2.59. The molecule has 3 heterocycles. The molecule has 2 aromatic rings. The lowest BCUT2D eigenvalue weighted by atomic mass is 9.65. The van der Waals surface area contributed by atoms with Crippen molar-refractivity contribution in [3.8, 4) is 0 Å². The Hall–Kier alpha value is -3.41. The molecule has 1 aliphatic carbocycles. The van der Waals surface area contributed by atoms with Gasteiger partial charge in [-0.05, 0) is 17.7 Å². The van der Waals surface area contributed by atoms with Crippen LogP contribution in [0.5, 0.6) is 0 Å². The number of piperidine rings is 1. The number of anilines is 1. The highest BCUT2D eigenvalue weighted by molar-refractivity contribution is 6.23. The number of para-hydroxylation sites is 1. The van der Waals surface area contributed by atoms with Crippen LogP contribution < -0.4 is 4.90 Å². The molecule has 2 fully saturated rings. The normalized spacial score (nSPS) is 29.9. The van der Waals surface area contributed by atoms with E-state index in [4.69, 9.17) is 4.74 Å². The van der Waals surface area contributed by atoms with Crippen LogP contribution in [0, 0.1) is 17.8 Å². The van der Waals surface area contributed by atoms with Crippen molar-refractivity contribution in [2.24, 2.45) is 17.8 Å². The van der Waals surface area contributed by atoms with E-state index in [1.54, 1.807) is 29.2 Å². The van der Waals surface area contributed by atoms with Crippen molar-refractivity contribution < 1.29 is 19.1 Å². The lowest BCUT2D eigenvalue weighted by molar-refractivity contribution is -0.128. The first kappa shape index (κ1) is 17.7. The summed E-state index contributed by atoms with van der Waals surface area (Å²) in [4.78, 5) is 42.4. The van der Waals surface area contributed by atoms with Crippen LogP contribution in [-0.4, -0.2) is 36.0 Å². The minimum atomic E-state index is -0.600. The zero-order valence-corrected chi connectivity index (χ0v) is 15.8. The number of carbonyl (C=O) groups is 3. The molecule has 29 heavy (non-hydrogen) atoms. The van der Waals surface area contributed by atoms with Gasteiger partial charge in [0.2, 0.25) is 11.8 Å². The summed E-state index contributed by atoms with van der Waals surface area (Å²) in [6, 6.07) is 17.7. The van der Waals surface area contributed by atoms with Crippen LogP contribution in [0.3, 0.4) is 0 Å². The Morgan fingerprint density at radius 3 is 2.14 bits per heavy atom. The van der Waals surface area contributed by atoms with Gasteiger partial charge in [0, 0.05) is 5.92 Å². The molecule has 0 spiro atoms. The number of hydrogen-bond acceptors (Lipinski definition) is 4. The third-order valence-corrected chi connectivity index (χ3v) is 6.24. The highest BCUT2D eigenvalue weighted by Gasteiger charge is 2.63. The van der Waals surface area contributed by atoms with E-state index in [0.717, 1.165) is 5.56 Å². The van der Waals surface area contributed by atoms with Crippen LogP contribution in [0.1, 0.15) is 11.6 Å². The summed E-state index contributed by atoms with van der Waals surface area (Å²) in [5.41, 5.74) is 1.49. The molecule has 0 radical (unpaired) electrons. The van der Waals surface area contributed by atoms with Crippen molar-refractivity contribution in [2.45, 2.75) is 12.1 Å². The lowest BCUT2D eigenvalue weighted by Gasteiger charge is -2.51.